The molecule has 0 aliphatic heterocycles. The van der Waals surface area contributed by atoms with E-state index in [1.807, 2.05) is 42.5 Å². The zero-order valence-corrected chi connectivity index (χ0v) is 25.5. The van der Waals surface area contributed by atoms with Gasteiger partial charge < -0.3 is 25.4 Å². The van der Waals surface area contributed by atoms with Gasteiger partial charge in [-0.05, 0) is 84.8 Å². The van der Waals surface area contributed by atoms with Crippen LogP contribution >= 0.6 is 11.8 Å². The van der Waals surface area contributed by atoms with E-state index in [1.54, 1.807) is 73.8 Å². The molecule has 0 saturated carbocycles. The summed E-state index contributed by atoms with van der Waals surface area (Å²) in [5.41, 5.74) is 2.37. The molecule has 0 spiro atoms. The second kappa shape index (κ2) is 16.6. The van der Waals surface area contributed by atoms with Gasteiger partial charge >= 0.3 is 0 Å². The lowest BCUT2D eigenvalue weighted by molar-refractivity contribution is -0.114. The molecule has 0 bridgehead atoms. The second-order valence-electron chi connectivity index (χ2n) is 9.70. The van der Waals surface area contributed by atoms with Crippen molar-refractivity contribution in [2.24, 2.45) is 0 Å². The highest BCUT2D eigenvalue weighted by atomic mass is 32.2. The van der Waals surface area contributed by atoms with Crippen LogP contribution in [0.25, 0.3) is 6.08 Å². The third-order valence-electron chi connectivity index (χ3n) is 6.30. The first kappa shape index (κ1) is 31.9. The maximum Gasteiger partial charge on any atom is 0.272 e. The van der Waals surface area contributed by atoms with Gasteiger partial charge in [-0.25, -0.2) is 0 Å². The van der Waals surface area contributed by atoms with E-state index >= 15 is 0 Å². The molecule has 0 aromatic heterocycles. The van der Waals surface area contributed by atoms with Crippen molar-refractivity contribution in [3.63, 3.8) is 0 Å². The molecule has 0 radical (unpaired) electrons. The summed E-state index contributed by atoms with van der Waals surface area (Å²) in [6, 6.07) is 30.3. The predicted octanol–water partition coefficient (Wildman–Crippen LogP) is 7.01. The number of ether oxygens (including phenoxy) is 2. The largest absolute Gasteiger partial charge is 0.497 e. The summed E-state index contributed by atoms with van der Waals surface area (Å²) in [6.07, 6.45) is 3.65. The number of benzene rings is 4. The summed E-state index contributed by atoms with van der Waals surface area (Å²) in [6.45, 7) is 2.78. The van der Waals surface area contributed by atoms with Gasteiger partial charge in [0.05, 0.1) is 19.5 Å². The minimum Gasteiger partial charge on any atom is -0.497 e. The Hall–Kier alpha value is -5.02. The van der Waals surface area contributed by atoms with Gasteiger partial charge in [-0.1, -0.05) is 49.7 Å². The monoisotopic (exact) mass is 609 g/mol. The Balaban J connectivity index is 1.39. The fourth-order valence-corrected chi connectivity index (χ4v) is 4.77. The average molecular weight is 610 g/mol. The first-order valence-corrected chi connectivity index (χ1v) is 15.2. The number of methoxy groups -OCH3 is 1. The summed E-state index contributed by atoms with van der Waals surface area (Å²) in [7, 11) is 1.56. The number of carbonyl (C=O) groups excluding carboxylic acids is 3. The maximum absolute atomic E-state index is 13.4. The van der Waals surface area contributed by atoms with Crippen LogP contribution in [0.2, 0.25) is 0 Å². The minimum absolute atomic E-state index is 0.0614. The fraction of sp³-hybridized carbons (Fsp3) is 0.171. The molecule has 9 heteroatoms. The van der Waals surface area contributed by atoms with Crippen LogP contribution in [0.4, 0.5) is 11.4 Å². The van der Waals surface area contributed by atoms with E-state index in [-0.39, 0.29) is 17.4 Å². The van der Waals surface area contributed by atoms with Crippen LogP contribution in [0.5, 0.6) is 11.5 Å². The Kier molecular flexibility index (Phi) is 12.0. The number of unbranched alkanes of at least 4 members (excludes halogenated alkanes) is 1. The van der Waals surface area contributed by atoms with Gasteiger partial charge in [-0.15, -0.1) is 11.8 Å². The van der Waals surface area contributed by atoms with Crippen LogP contribution in [0.1, 0.15) is 35.7 Å². The molecule has 3 N–H and O–H groups in total. The van der Waals surface area contributed by atoms with E-state index in [2.05, 4.69) is 22.9 Å². The molecule has 0 aliphatic rings. The van der Waals surface area contributed by atoms with Crippen molar-refractivity contribution in [3.8, 4) is 11.5 Å². The third-order valence-corrected chi connectivity index (χ3v) is 7.29. The van der Waals surface area contributed by atoms with E-state index in [0.717, 1.165) is 23.5 Å². The molecule has 0 fully saturated rings. The van der Waals surface area contributed by atoms with E-state index in [4.69, 9.17) is 9.47 Å². The molecule has 0 heterocycles. The third kappa shape index (κ3) is 10.1. The van der Waals surface area contributed by atoms with Crippen LogP contribution < -0.4 is 25.4 Å². The number of nitrogens with one attached hydrogen (secondary N) is 3. The number of hydrogen-bond donors (Lipinski definition) is 3. The number of rotatable bonds is 14. The number of amides is 3. The van der Waals surface area contributed by atoms with E-state index in [0.29, 0.717) is 34.9 Å². The van der Waals surface area contributed by atoms with Crippen molar-refractivity contribution in [2.75, 3.05) is 30.1 Å². The first-order valence-electron chi connectivity index (χ1n) is 14.2. The summed E-state index contributed by atoms with van der Waals surface area (Å²) in [4.78, 5) is 39.7. The van der Waals surface area contributed by atoms with Crippen LogP contribution in [0.15, 0.2) is 114 Å². The average Bonchev–Trinajstić information content (AvgIpc) is 3.05. The molecule has 4 aromatic carbocycles. The number of thioether (sulfide) groups is 1. The quantitative estimate of drug-likeness (QED) is 0.0807. The topological polar surface area (TPSA) is 106 Å². The molecule has 4 rings (SSSR count). The number of anilines is 2. The standard InChI is InChI=1S/C35H35N3O5S/c1-3-4-20-43-29-18-16-27(17-19-29)36-33(39)24-44-31-15-9-13-28(23-31)37-35(41)32(22-25-10-8-14-30(21-25)42-2)38-34(40)26-11-6-5-7-12-26/h5-19,21-23H,3-4,20,24H2,1-2H3,(H,36,39)(H,37,41)(H,38,40)/b32-22-. The van der Waals surface area contributed by atoms with Crippen molar-refractivity contribution in [3.05, 3.63) is 120 Å². The summed E-state index contributed by atoms with van der Waals surface area (Å²) in [5.74, 6) is 0.500. The smallest absolute Gasteiger partial charge is 0.272 e. The van der Waals surface area contributed by atoms with Crippen molar-refractivity contribution in [1.82, 2.24) is 5.32 Å². The maximum atomic E-state index is 13.4. The van der Waals surface area contributed by atoms with E-state index < -0.39 is 11.8 Å². The lowest BCUT2D eigenvalue weighted by Gasteiger charge is -2.12. The van der Waals surface area contributed by atoms with Gasteiger partial charge in [0, 0.05) is 21.8 Å². The van der Waals surface area contributed by atoms with Crippen molar-refractivity contribution in [1.29, 1.82) is 0 Å². The van der Waals surface area contributed by atoms with Gasteiger partial charge in [0.1, 0.15) is 17.2 Å². The van der Waals surface area contributed by atoms with Crippen LogP contribution in [-0.4, -0.2) is 37.2 Å². The van der Waals surface area contributed by atoms with Gasteiger partial charge in [0.25, 0.3) is 11.8 Å². The van der Waals surface area contributed by atoms with Crippen molar-refractivity contribution >= 4 is 46.9 Å². The number of carbonyl (C=O) groups is 3. The van der Waals surface area contributed by atoms with Crippen molar-refractivity contribution in [2.45, 2.75) is 24.7 Å². The first-order chi connectivity index (χ1) is 21.4. The van der Waals surface area contributed by atoms with Gasteiger partial charge in [-0.3, -0.25) is 14.4 Å². The molecular formula is C35H35N3O5S. The fourth-order valence-electron chi connectivity index (χ4n) is 4.02. The summed E-state index contributed by atoms with van der Waals surface area (Å²) < 4.78 is 11.0. The summed E-state index contributed by atoms with van der Waals surface area (Å²) >= 11 is 1.34. The van der Waals surface area contributed by atoms with Gasteiger partial charge in [0.15, 0.2) is 0 Å². The molecule has 8 nitrogen and oxygen atoms in total. The molecule has 0 unspecified atom stereocenters. The Labute approximate surface area is 261 Å². The normalized spacial score (nSPS) is 10.9. The molecule has 44 heavy (non-hydrogen) atoms. The highest BCUT2D eigenvalue weighted by molar-refractivity contribution is 8.00. The molecule has 3 amide bonds. The molecule has 4 aromatic rings. The molecule has 226 valence electrons. The number of hydrogen-bond acceptors (Lipinski definition) is 6. The van der Waals surface area contributed by atoms with Gasteiger partial charge in [-0.2, -0.15) is 0 Å². The Morgan fingerprint density at radius 2 is 1.57 bits per heavy atom. The zero-order chi connectivity index (χ0) is 31.1. The lowest BCUT2D eigenvalue weighted by atomic mass is 10.1. The molecule has 0 aliphatic carbocycles. The predicted molar refractivity (Wildman–Crippen MR) is 176 cm³/mol. The van der Waals surface area contributed by atoms with E-state index in [1.165, 1.54) is 11.8 Å². The van der Waals surface area contributed by atoms with Crippen LogP contribution in [0, 0.1) is 0 Å². The molecule has 0 atom stereocenters. The molecular weight excluding hydrogens is 574 g/mol. The summed E-state index contributed by atoms with van der Waals surface area (Å²) in [5, 5.41) is 8.49. The van der Waals surface area contributed by atoms with Crippen LogP contribution in [-0.2, 0) is 9.59 Å². The lowest BCUT2D eigenvalue weighted by Crippen LogP contribution is -2.30. The van der Waals surface area contributed by atoms with Gasteiger partial charge in [0.2, 0.25) is 5.91 Å². The highest BCUT2D eigenvalue weighted by Gasteiger charge is 2.16. The molecule has 0 saturated heterocycles. The van der Waals surface area contributed by atoms with Crippen molar-refractivity contribution < 1.29 is 23.9 Å². The Bertz CT molecular complexity index is 1590. The zero-order valence-electron chi connectivity index (χ0n) is 24.7. The van der Waals surface area contributed by atoms with E-state index in [9.17, 15) is 14.4 Å². The Morgan fingerprint density at radius 1 is 0.795 bits per heavy atom. The van der Waals surface area contributed by atoms with Crippen LogP contribution in [0.3, 0.4) is 0 Å². The Morgan fingerprint density at radius 3 is 2.32 bits per heavy atom. The highest BCUT2D eigenvalue weighted by Crippen LogP contribution is 2.23. The SMILES string of the molecule is CCCCOc1ccc(NC(=O)CSc2cccc(NC(=O)/C(=C/c3cccc(OC)c3)NC(=O)c3ccccc3)c2)cc1. The second-order valence-corrected chi connectivity index (χ2v) is 10.7. The minimum atomic E-state index is -0.501.